The van der Waals surface area contributed by atoms with Crippen LogP contribution in [-0.2, 0) is 12.8 Å². The zero-order valence-corrected chi connectivity index (χ0v) is 46.1. The summed E-state index contributed by atoms with van der Waals surface area (Å²) in [5.41, 5.74) is 10.0. The highest BCUT2D eigenvalue weighted by atomic mass is 31.2. The Hall–Kier alpha value is -4.45. The van der Waals surface area contributed by atoms with Crippen LogP contribution >= 0.6 is 24.2 Å². The van der Waals surface area contributed by atoms with Crippen molar-refractivity contribution in [1.29, 1.82) is 0 Å². The van der Waals surface area contributed by atoms with Gasteiger partial charge in [0.05, 0.1) is 7.11 Å². The van der Waals surface area contributed by atoms with E-state index in [4.69, 9.17) is 4.74 Å². The van der Waals surface area contributed by atoms with Crippen molar-refractivity contribution in [2.75, 3.05) is 32.5 Å². The van der Waals surface area contributed by atoms with Gasteiger partial charge in [-0.2, -0.15) is 0 Å². The summed E-state index contributed by atoms with van der Waals surface area (Å²) in [4.78, 5) is 0. The van der Waals surface area contributed by atoms with E-state index in [1.54, 1.807) is 5.30 Å². The van der Waals surface area contributed by atoms with Crippen LogP contribution in [0.1, 0.15) is 135 Å². The number of benzene rings is 7. The van der Waals surface area contributed by atoms with Crippen molar-refractivity contribution in [3.05, 3.63) is 234 Å². The molecule has 2 fully saturated rings. The molecule has 0 N–H and O–H groups in total. The first-order chi connectivity index (χ1) is 35.6. The van der Waals surface area contributed by atoms with E-state index < -0.39 is 24.2 Å². The maximum Gasteiger partial charge on any atom is 0.119 e. The molecule has 3 nitrogen and oxygen atoms in total. The lowest BCUT2D eigenvalue weighted by Crippen LogP contribution is -2.40. The molecule has 1 aliphatic heterocycles. The van der Waals surface area contributed by atoms with Crippen molar-refractivity contribution in [2.45, 2.75) is 120 Å². The fraction of sp³-hybridized carbons (Fsp3) is 0.364. The van der Waals surface area contributed by atoms with Gasteiger partial charge in [0.2, 0.25) is 0 Å². The molecule has 0 amide bonds. The summed E-state index contributed by atoms with van der Waals surface area (Å²) >= 11 is 0. The van der Waals surface area contributed by atoms with E-state index in [1.807, 2.05) is 7.11 Å². The molecule has 0 aromatic heterocycles. The molecule has 374 valence electrons. The van der Waals surface area contributed by atoms with Crippen molar-refractivity contribution in [3.63, 3.8) is 0 Å². The second-order valence-corrected chi connectivity index (χ2v) is 27.5. The third-order valence-corrected chi connectivity index (χ3v) is 25.0. The van der Waals surface area contributed by atoms with Gasteiger partial charge in [0.1, 0.15) is 5.75 Å². The van der Waals surface area contributed by atoms with E-state index in [1.165, 1.54) is 102 Å². The maximum absolute atomic E-state index is 6.13. The Kier molecular flexibility index (Phi) is 19.8. The molecule has 1 saturated carbocycles. The number of rotatable bonds is 25. The van der Waals surface area contributed by atoms with Crippen LogP contribution < -0.4 is 15.3 Å². The zero-order valence-electron chi connectivity index (χ0n) is 43.4. The smallest absolute Gasteiger partial charge is 0.119 e. The summed E-state index contributed by atoms with van der Waals surface area (Å²) < 4.78 is 12.3. The summed E-state index contributed by atoms with van der Waals surface area (Å²) in [6, 6.07) is 77.1. The molecule has 1 saturated heterocycles. The van der Waals surface area contributed by atoms with E-state index in [9.17, 15) is 0 Å². The first-order valence-electron chi connectivity index (χ1n) is 27.5. The molecule has 72 heavy (non-hydrogen) atoms. The van der Waals surface area contributed by atoms with Gasteiger partial charge in [-0.1, -0.05) is 215 Å². The highest BCUT2D eigenvalue weighted by Crippen LogP contribution is 2.76. The standard InChI is InChI=1S/C66H79N2OP3/c1-4-6-48-70(60-38-22-12-23-39-60)67(66-62(55-30-14-8-15-31-55)42-43-63(66)56-32-16-9-17-33-56)46-26-28-53-50-54(52-59(51-53)69-3)29-27-47-68(71(49-7-5-2)61-40-24-13-25-41-61)72-64(57-34-18-10-19-35-57)44-45-65(72)58-36-20-11-21-37-58/h8-25,30-41,50-52,62-66H,4-7,26-29,42-49H2,1-3H3/t62-,63-,64+,65+,70?,71?/m1/s1. The maximum atomic E-state index is 6.13. The molecule has 7 aromatic carbocycles. The van der Waals surface area contributed by atoms with Crippen LogP contribution in [-0.4, -0.2) is 47.7 Å². The van der Waals surface area contributed by atoms with Gasteiger partial charge in [-0.25, -0.2) is 0 Å². The minimum Gasteiger partial charge on any atom is -0.497 e. The summed E-state index contributed by atoms with van der Waals surface area (Å²) in [5.74, 6) is 1.99. The van der Waals surface area contributed by atoms with E-state index in [-0.39, 0.29) is 0 Å². The van der Waals surface area contributed by atoms with Crippen molar-refractivity contribution < 1.29 is 4.74 Å². The number of nitrogens with zero attached hydrogens (tertiary/aromatic N) is 2. The first-order valence-corrected chi connectivity index (χ1v) is 31.9. The Morgan fingerprint density at radius 2 is 0.861 bits per heavy atom. The van der Waals surface area contributed by atoms with Crippen LogP contribution in [0.5, 0.6) is 5.75 Å². The van der Waals surface area contributed by atoms with Crippen molar-refractivity contribution in [1.82, 2.24) is 9.11 Å². The topological polar surface area (TPSA) is 15.7 Å². The second-order valence-electron chi connectivity index (χ2n) is 20.2. The lowest BCUT2D eigenvalue weighted by atomic mass is 9.87. The van der Waals surface area contributed by atoms with Crippen LogP contribution in [0, 0.1) is 0 Å². The zero-order chi connectivity index (χ0) is 49.3. The first kappa shape index (κ1) is 52.4. The van der Waals surface area contributed by atoms with Crippen LogP contribution in [0.2, 0.25) is 0 Å². The molecule has 0 radical (unpaired) electrons. The quantitative estimate of drug-likeness (QED) is 0.0531. The third kappa shape index (κ3) is 13.3. The Bertz CT molecular complexity index is 2350. The van der Waals surface area contributed by atoms with Gasteiger partial charge in [0, 0.05) is 42.3 Å². The molecule has 7 aromatic rings. The summed E-state index contributed by atoms with van der Waals surface area (Å²) in [6.45, 7) is 6.92. The predicted molar refractivity (Wildman–Crippen MR) is 314 cm³/mol. The highest BCUT2D eigenvalue weighted by molar-refractivity contribution is 7.75. The Labute approximate surface area is 438 Å². The predicted octanol–water partition coefficient (Wildman–Crippen LogP) is 17.6. The SMILES string of the molecule is CCCCP(c1ccccc1)N(CCCc1cc(CCCN(P(CCCC)c2ccccc2)P2[C@H](c3ccccc3)CC[C@H]2c2ccccc2)cc(OC)c1)C1[C@@H](c2ccccc2)CC[C@@H]1c1ccccc1. The van der Waals surface area contributed by atoms with E-state index >= 15 is 0 Å². The summed E-state index contributed by atoms with van der Waals surface area (Å²) in [5, 5.41) is 3.07. The van der Waals surface area contributed by atoms with E-state index in [0.717, 1.165) is 44.5 Å². The fourth-order valence-electron chi connectivity index (χ4n) is 12.0. The van der Waals surface area contributed by atoms with Crippen LogP contribution in [0.4, 0.5) is 0 Å². The average molecular weight is 1010 g/mol. The van der Waals surface area contributed by atoms with Crippen molar-refractivity contribution in [2.24, 2.45) is 0 Å². The normalized spacial score (nSPS) is 19.2. The fourth-order valence-corrected chi connectivity index (χ4v) is 22.8. The molecule has 6 atom stereocenters. The lowest BCUT2D eigenvalue weighted by Gasteiger charge is -2.42. The highest BCUT2D eigenvalue weighted by Gasteiger charge is 2.45. The largest absolute Gasteiger partial charge is 0.497 e. The minimum absolute atomic E-state index is 0.435. The Morgan fingerprint density at radius 3 is 1.31 bits per heavy atom. The number of hydrogen-bond donors (Lipinski definition) is 0. The summed E-state index contributed by atoms with van der Waals surface area (Å²) in [6.07, 6.45) is 16.7. The minimum atomic E-state index is -0.541. The number of ether oxygens (including phenoxy) is 1. The molecule has 0 bridgehead atoms. The molecule has 0 spiro atoms. The van der Waals surface area contributed by atoms with Gasteiger partial charge in [-0.15, -0.1) is 0 Å². The number of hydrogen-bond acceptors (Lipinski definition) is 3. The second kappa shape index (κ2) is 27.2. The van der Waals surface area contributed by atoms with Crippen LogP contribution in [0.25, 0.3) is 0 Å². The Balaban J connectivity index is 0.998. The van der Waals surface area contributed by atoms with Gasteiger partial charge in [0.25, 0.3) is 0 Å². The molecule has 2 aliphatic rings. The van der Waals surface area contributed by atoms with E-state index in [2.05, 4.69) is 223 Å². The molecule has 1 heterocycles. The monoisotopic (exact) mass is 1010 g/mol. The Morgan fingerprint density at radius 1 is 0.458 bits per heavy atom. The van der Waals surface area contributed by atoms with Crippen molar-refractivity contribution in [3.8, 4) is 5.75 Å². The third-order valence-electron chi connectivity index (χ3n) is 15.5. The molecule has 1 aliphatic carbocycles. The number of unbranched alkanes of at least 4 members (excludes halogenated alkanes) is 2. The van der Waals surface area contributed by atoms with Gasteiger partial charge in [-0.05, 0) is 157 Å². The molecule has 9 rings (SSSR count). The molecular weight excluding hydrogens is 930 g/mol. The van der Waals surface area contributed by atoms with E-state index in [0.29, 0.717) is 29.2 Å². The van der Waals surface area contributed by atoms with Gasteiger partial charge >= 0.3 is 0 Å². The molecular formula is C66H79N2OP3. The van der Waals surface area contributed by atoms with Crippen LogP contribution in [0.3, 0.4) is 0 Å². The van der Waals surface area contributed by atoms with Gasteiger partial charge < -0.3 is 4.74 Å². The number of methoxy groups -OCH3 is 1. The molecule has 6 heteroatoms. The van der Waals surface area contributed by atoms with Gasteiger partial charge in [0.15, 0.2) is 0 Å². The van der Waals surface area contributed by atoms with Crippen molar-refractivity contribution >= 4 is 34.8 Å². The van der Waals surface area contributed by atoms with Crippen LogP contribution in [0.15, 0.2) is 200 Å². The summed E-state index contributed by atoms with van der Waals surface area (Å²) in [7, 11) is 0.293. The lowest BCUT2D eigenvalue weighted by molar-refractivity contribution is 0.294. The molecule has 2 unspecified atom stereocenters. The average Bonchev–Trinajstić information content (AvgIpc) is 4.10. The number of aryl methyl sites for hydroxylation is 2. The van der Waals surface area contributed by atoms with Gasteiger partial charge in [-0.3, -0.25) is 9.11 Å².